The first-order chi connectivity index (χ1) is 16.3. The molecule has 0 amide bonds. The van der Waals surface area contributed by atoms with Gasteiger partial charge >= 0.3 is 12.4 Å². The van der Waals surface area contributed by atoms with Crippen LogP contribution < -0.4 is 5.56 Å². The van der Waals surface area contributed by atoms with Crippen LogP contribution in [-0.2, 0) is 18.9 Å². The topological polar surface area (TPSA) is 47.8 Å². The summed E-state index contributed by atoms with van der Waals surface area (Å²) in [6, 6.07) is 8.91. The highest BCUT2D eigenvalue weighted by molar-refractivity contribution is 6.30. The fourth-order valence-electron chi connectivity index (χ4n) is 3.57. The molecule has 4 nitrogen and oxygen atoms in total. The third kappa shape index (κ3) is 4.86. The highest BCUT2D eigenvalue weighted by atomic mass is 35.5. The van der Waals surface area contributed by atoms with Gasteiger partial charge < -0.3 is 0 Å². The lowest BCUT2D eigenvalue weighted by atomic mass is 9.98. The summed E-state index contributed by atoms with van der Waals surface area (Å²) >= 11 is 5.84. The van der Waals surface area contributed by atoms with Gasteiger partial charge in [-0.1, -0.05) is 23.7 Å². The van der Waals surface area contributed by atoms with Crippen LogP contribution in [0.3, 0.4) is 0 Å². The van der Waals surface area contributed by atoms with Crippen molar-refractivity contribution >= 4 is 22.4 Å². The monoisotopic (exact) mass is 515 g/mol. The maximum atomic E-state index is 14.7. The van der Waals surface area contributed by atoms with Gasteiger partial charge in [-0.3, -0.25) is 4.79 Å². The largest absolute Gasteiger partial charge is 0.417 e. The van der Waals surface area contributed by atoms with Gasteiger partial charge in [-0.25, -0.2) is 9.67 Å². The van der Waals surface area contributed by atoms with Gasteiger partial charge in [0.2, 0.25) is 5.95 Å². The van der Waals surface area contributed by atoms with Gasteiger partial charge in [0.25, 0.3) is 5.56 Å². The molecule has 0 spiro atoms. The zero-order valence-corrected chi connectivity index (χ0v) is 18.4. The SMILES string of the molecule is Cc1ccc(-c2nn(Cc3ccc(Cl)cc3)c(=O)c3cc(C(F)(F)F)c(C(F)(F)F)cc23)c(F)n1. The molecule has 182 valence electrons. The second kappa shape index (κ2) is 8.63. The predicted molar refractivity (Wildman–Crippen MR) is 114 cm³/mol. The highest BCUT2D eigenvalue weighted by Crippen LogP contribution is 2.43. The predicted octanol–water partition coefficient (Wildman–Crippen LogP) is 6.65. The van der Waals surface area contributed by atoms with E-state index in [4.69, 9.17) is 11.6 Å². The van der Waals surface area contributed by atoms with E-state index in [0.29, 0.717) is 10.6 Å². The van der Waals surface area contributed by atoms with Crippen molar-refractivity contribution < 1.29 is 30.7 Å². The molecule has 0 atom stereocenters. The molecule has 0 radical (unpaired) electrons. The van der Waals surface area contributed by atoms with Crippen LogP contribution in [-0.4, -0.2) is 14.8 Å². The average molecular weight is 516 g/mol. The summed E-state index contributed by atoms with van der Waals surface area (Å²) < 4.78 is 96.8. The van der Waals surface area contributed by atoms with Crippen molar-refractivity contribution in [3.8, 4) is 11.3 Å². The van der Waals surface area contributed by atoms with Crippen LogP contribution in [0, 0.1) is 12.9 Å². The molecule has 2 heterocycles. The maximum absolute atomic E-state index is 14.7. The van der Waals surface area contributed by atoms with Crippen molar-refractivity contribution in [2.24, 2.45) is 0 Å². The molecule has 4 rings (SSSR count). The van der Waals surface area contributed by atoms with Crippen LogP contribution in [0.5, 0.6) is 0 Å². The van der Waals surface area contributed by atoms with Crippen LogP contribution in [0.25, 0.3) is 22.0 Å². The van der Waals surface area contributed by atoms with Crippen molar-refractivity contribution in [2.75, 3.05) is 0 Å². The third-order valence-electron chi connectivity index (χ3n) is 5.20. The normalized spacial score (nSPS) is 12.4. The molecule has 2 aromatic heterocycles. The Balaban J connectivity index is 2.10. The van der Waals surface area contributed by atoms with Crippen LogP contribution in [0.15, 0.2) is 53.3 Å². The Morgan fingerprint density at radius 1 is 0.886 bits per heavy atom. The van der Waals surface area contributed by atoms with E-state index in [1.165, 1.54) is 43.3 Å². The van der Waals surface area contributed by atoms with E-state index < -0.39 is 51.5 Å². The summed E-state index contributed by atoms with van der Waals surface area (Å²) in [7, 11) is 0. The van der Waals surface area contributed by atoms with E-state index in [1.54, 1.807) is 0 Å². The summed E-state index contributed by atoms with van der Waals surface area (Å²) in [4.78, 5) is 16.7. The summed E-state index contributed by atoms with van der Waals surface area (Å²) in [5, 5.41) is 3.13. The first-order valence-corrected chi connectivity index (χ1v) is 10.2. The standard InChI is InChI=1S/C23H13ClF7N3O/c1-11-2-7-14(20(25)32-11)19-15-8-17(22(26,27)28)18(23(29,30)31)9-16(15)21(35)34(33-19)10-12-3-5-13(24)6-4-12/h2-9H,10H2,1H3. The lowest BCUT2D eigenvalue weighted by Crippen LogP contribution is -2.26. The van der Waals surface area contributed by atoms with E-state index in [0.717, 1.165) is 4.68 Å². The lowest BCUT2D eigenvalue weighted by molar-refractivity contribution is -0.161. The zero-order chi connectivity index (χ0) is 25.7. The minimum absolute atomic E-state index is 0.129. The van der Waals surface area contributed by atoms with Gasteiger partial charge in [0.15, 0.2) is 0 Å². The molecule has 35 heavy (non-hydrogen) atoms. The molecule has 0 N–H and O–H groups in total. The number of pyridine rings is 1. The second-order valence-corrected chi connectivity index (χ2v) is 8.10. The zero-order valence-electron chi connectivity index (χ0n) is 17.6. The molecule has 0 bridgehead atoms. The Kier molecular flexibility index (Phi) is 6.08. The molecule has 4 aromatic rings. The molecule has 0 unspecified atom stereocenters. The summed E-state index contributed by atoms with van der Waals surface area (Å²) in [6.07, 6.45) is -10.8. The smallest absolute Gasteiger partial charge is 0.267 e. The molecule has 2 aromatic carbocycles. The molecular weight excluding hydrogens is 503 g/mol. The van der Waals surface area contributed by atoms with Gasteiger partial charge in [-0.15, -0.1) is 0 Å². The number of aromatic nitrogens is 3. The van der Waals surface area contributed by atoms with Gasteiger partial charge in [0.05, 0.1) is 28.6 Å². The fourth-order valence-corrected chi connectivity index (χ4v) is 3.70. The van der Waals surface area contributed by atoms with Crippen LogP contribution in [0.4, 0.5) is 30.7 Å². The number of aryl methyl sites for hydroxylation is 1. The van der Waals surface area contributed by atoms with Crippen molar-refractivity contribution in [2.45, 2.75) is 25.8 Å². The number of nitrogens with zero attached hydrogens (tertiary/aromatic N) is 3. The molecule has 0 aliphatic rings. The molecule has 0 aliphatic heterocycles. The first kappa shape index (κ1) is 24.6. The Morgan fingerprint density at radius 3 is 2.00 bits per heavy atom. The van der Waals surface area contributed by atoms with Crippen LogP contribution in [0.2, 0.25) is 5.02 Å². The molecular formula is C23H13ClF7N3O. The Morgan fingerprint density at radius 2 is 1.46 bits per heavy atom. The highest BCUT2D eigenvalue weighted by Gasteiger charge is 2.44. The van der Waals surface area contributed by atoms with E-state index in [9.17, 15) is 35.5 Å². The van der Waals surface area contributed by atoms with Crippen molar-refractivity contribution in [3.63, 3.8) is 0 Å². The van der Waals surface area contributed by atoms with Gasteiger partial charge in [-0.2, -0.15) is 35.8 Å². The lowest BCUT2D eigenvalue weighted by Gasteiger charge is -2.18. The minimum atomic E-state index is -5.41. The molecule has 0 fully saturated rings. The number of hydrogen-bond donors (Lipinski definition) is 0. The Bertz CT molecular complexity index is 1490. The number of alkyl halides is 6. The number of rotatable bonds is 3. The quantitative estimate of drug-likeness (QED) is 0.227. The average Bonchev–Trinajstić information content (AvgIpc) is 2.75. The molecule has 0 aliphatic carbocycles. The molecule has 12 heteroatoms. The number of halogens is 8. The van der Waals surface area contributed by atoms with E-state index in [2.05, 4.69) is 10.1 Å². The molecule has 0 saturated heterocycles. The van der Waals surface area contributed by atoms with Crippen molar-refractivity contribution in [1.82, 2.24) is 14.8 Å². The first-order valence-electron chi connectivity index (χ1n) is 9.87. The summed E-state index contributed by atoms with van der Waals surface area (Å²) in [6.45, 7) is 1.21. The van der Waals surface area contributed by atoms with E-state index >= 15 is 0 Å². The Labute approximate surface area is 197 Å². The fraction of sp³-hybridized carbons (Fsp3) is 0.174. The third-order valence-corrected chi connectivity index (χ3v) is 5.45. The van der Waals surface area contributed by atoms with Crippen molar-refractivity contribution in [1.29, 1.82) is 0 Å². The Hall–Kier alpha value is -3.47. The van der Waals surface area contributed by atoms with E-state index in [1.807, 2.05) is 0 Å². The molecule has 0 saturated carbocycles. The van der Waals surface area contributed by atoms with Gasteiger partial charge in [0.1, 0.15) is 5.69 Å². The maximum Gasteiger partial charge on any atom is 0.417 e. The number of fused-ring (bicyclic) bond motifs is 1. The van der Waals surface area contributed by atoms with Gasteiger partial charge in [0, 0.05) is 16.1 Å². The van der Waals surface area contributed by atoms with Crippen LogP contribution >= 0.6 is 11.6 Å². The minimum Gasteiger partial charge on any atom is -0.267 e. The summed E-state index contributed by atoms with van der Waals surface area (Å²) in [5.41, 5.74) is -5.25. The van der Waals surface area contributed by atoms with Crippen LogP contribution in [0.1, 0.15) is 22.4 Å². The number of benzene rings is 2. The second-order valence-electron chi connectivity index (χ2n) is 7.67. The van der Waals surface area contributed by atoms with Crippen molar-refractivity contribution in [3.05, 3.63) is 92.2 Å². The summed E-state index contributed by atoms with van der Waals surface area (Å²) in [5.74, 6) is -1.11. The number of hydrogen-bond acceptors (Lipinski definition) is 3. The van der Waals surface area contributed by atoms with Gasteiger partial charge in [-0.05, 0) is 48.9 Å². The van der Waals surface area contributed by atoms with E-state index in [-0.39, 0.29) is 29.9 Å².